The van der Waals surface area contributed by atoms with Gasteiger partial charge in [0.25, 0.3) is 0 Å². The van der Waals surface area contributed by atoms with Gasteiger partial charge in [-0.25, -0.2) is 4.79 Å². The number of hydrogen-bond acceptors (Lipinski definition) is 3. The molecule has 2 aromatic rings. The van der Waals surface area contributed by atoms with E-state index in [1.165, 1.54) is 0 Å². The molecule has 25 heavy (non-hydrogen) atoms. The van der Waals surface area contributed by atoms with Gasteiger partial charge in [-0.15, -0.1) is 5.06 Å². The first kappa shape index (κ1) is 21.2. The summed E-state index contributed by atoms with van der Waals surface area (Å²) in [5.74, 6) is -0.674. The van der Waals surface area contributed by atoms with Crippen LogP contribution in [0.5, 0.6) is 0 Å². The molecule has 0 aliphatic rings. The van der Waals surface area contributed by atoms with E-state index in [4.69, 9.17) is 4.84 Å². The lowest BCUT2D eigenvalue weighted by atomic mass is 9.86. The number of aliphatic hydroxyl groups is 1. The van der Waals surface area contributed by atoms with Crippen molar-refractivity contribution in [3.63, 3.8) is 0 Å². The van der Waals surface area contributed by atoms with Crippen molar-refractivity contribution in [3.05, 3.63) is 71.8 Å². The van der Waals surface area contributed by atoms with Gasteiger partial charge in [0.1, 0.15) is 12.1 Å². The third-order valence-electron chi connectivity index (χ3n) is 4.05. The number of quaternary nitrogens is 1. The van der Waals surface area contributed by atoms with Crippen LogP contribution in [0.3, 0.4) is 0 Å². The summed E-state index contributed by atoms with van der Waals surface area (Å²) in [5, 5.41) is 12.0. The lowest BCUT2D eigenvalue weighted by molar-refractivity contribution is -1.11. The Morgan fingerprint density at radius 1 is 0.960 bits per heavy atom. The standard InChI is InChI=1S/C20H25NO3.ClH/c1-5-21(19(2,3)4)24-18(22)20(23,16-12-8-6-9-13-16)17-14-10-7-11-15-17;/h6-15,23H,5H2,1-4H3;1H. The monoisotopic (exact) mass is 363 g/mol. The van der Waals surface area contributed by atoms with E-state index in [0.717, 1.165) is 0 Å². The van der Waals surface area contributed by atoms with Crippen LogP contribution in [0.4, 0.5) is 0 Å². The fourth-order valence-corrected chi connectivity index (χ4v) is 2.70. The van der Waals surface area contributed by atoms with E-state index < -0.39 is 11.6 Å². The van der Waals surface area contributed by atoms with Crippen molar-refractivity contribution in [1.82, 2.24) is 0 Å². The van der Waals surface area contributed by atoms with Gasteiger partial charge < -0.3 is 17.5 Å². The summed E-state index contributed by atoms with van der Waals surface area (Å²) in [6, 6.07) is 17.8. The van der Waals surface area contributed by atoms with Gasteiger partial charge in [-0.3, -0.25) is 4.84 Å². The Balaban J connectivity index is 0.00000312. The van der Waals surface area contributed by atoms with Gasteiger partial charge >= 0.3 is 5.97 Å². The molecule has 0 radical (unpaired) electrons. The first-order chi connectivity index (χ1) is 11.3. The molecule has 0 saturated carbocycles. The van der Waals surface area contributed by atoms with Crippen LogP contribution in [0, 0.1) is 0 Å². The highest BCUT2D eigenvalue weighted by molar-refractivity contribution is 5.84. The number of rotatable bonds is 5. The van der Waals surface area contributed by atoms with Crippen molar-refractivity contribution in [2.24, 2.45) is 0 Å². The second kappa shape index (κ2) is 8.48. The fourth-order valence-electron chi connectivity index (χ4n) is 2.70. The summed E-state index contributed by atoms with van der Waals surface area (Å²) in [6.45, 7) is 8.52. The Kier molecular flexibility index (Phi) is 7.17. The first-order valence-electron chi connectivity index (χ1n) is 8.22. The third kappa shape index (κ3) is 4.60. The van der Waals surface area contributed by atoms with E-state index in [1.54, 1.807) is 48.5 Å². The van der Waals surface area contributed by atoms with E-state index in [2.05, 4.69) is 0 Å². The Morgan fingerprint density at radius 2 is 1.36 bits per heavy atom. The second-order valence-corrected chi connectivity index (χ2v) is 6.86. The lowest BCUT2D eigenvalue weighted by Gasteiger charge is -2.32. The molecule has 0 spiro atoms. The average molecular weight is 364 g/mol. The largest absolute Gasteiger partial charge is 1.00 e. The fraction of sp³-hybridized carbons (Fsp3) is 0.350. The zero-order chi connectivity index (χ0) is 17.8. The molecule has 136 valence electrons. The van der Waals surface area contributed by atoms with Crippen LogP contribution in [0.1, 0.15) is 38.8 Å². The summed E-state index contributed by atoms with van der Waals surface area (Å²) >= 11 is 0. The second-order valence-electron chi connectivity index (χ2n) is 6.86. The number of hydroxylamine groups is 2. The molecule has 0 aliphatic carbocycles. The smallest absolute Gasteiger partial charge is 0.406 e. The molecule has 1 atom stereocenters. The first-order valence-corrected chi connectivity index (χ1v) is 8.22. The molecule has 0 saturated heterocycles. The maximum Gasteiger partial charge on any atom is 0.406 e. The Hall–Kier alpha value is -1.88. The summed E-state index contributed by atoms with van der Waals surface area (Å²) in [5.41, 5.74) is -1.14. The van der Waals surface area contributed by atoms with Crippen LogP contribution >= 0.6 is 0 Å². The van der Waals surface area contributed by atoms with E-state index in [-0.39, 0.29) is 17.9 Å². The average Bonchev–Trinajstić information content (AvgIpc) is 2.59. The summed E-state index contributed by atoms with van der Waals surface area (Å²) in [7, 11) is 0. The van der Waals surface area contributed by atoms with Crippen LogP contribution < -0.4 is 17.5 Å². The summed E-state index contributed by atoms with van der Waals surface area (Å²) < 4.78 is 0. The highest BCUT2D eigenvalue weighted by Gasteiger charge is 2.45. The van der Waals surface area contributed by atoms with Gasteiger partial charge in [-0.05, 0) is 38.8 Å². The SMILES string of the molecule is CC[NH+](OC(=O)C(O)(c1ccccc1)c1ccccc1)C(C)(C)C.[Cl-]. The maximum absolute atomic E-state index is 13.0. The van der Waals surface area contributed by atoms with Crippen LogP contribution in [0.25, 0.3) is 0 Å². The van der Waals surface area contributed by atoms with Crippen LogP contribution in [0.15, 0.2) is 60.7 Å². The minimum atomic E-state index is -1.84. The van der Waals surface area contributed by atoms with Crippen molar-refractivity contribution in [3.8, 4) is 0 Å². The number of nitrogens with one attached hydrogen (secondary N) is 1. The molecule has 0 amide bonds. The summed E-state index contributed by atoms with van der Waals surface area (Å²) in [4.78, 5) is 18.7. The van der Waals surface area contributed by atoms with Gasteiger partial charge in [0.2, 0.25) is 5.60 Å². The molecule has 2 N–H and O–H groups in total. The molecule has 0 fully saturated rings. The lowest BCUT2D eigenvalue weighted by Crippen LogP contribution is -3.18. The number of carbonyl (C=O) groups excluding carboxylic acids is 1. The van der Waals surface area contributed by atoms with Gasteiger partial charge in [0.15, 0.2) is 0 Å². The van der Waals surface area contributed by atoms with Crippen LogP contribution in [0.2, 0.25) is 0 Å². The Bertz CT molecular complexity index is 629. The molecule has 1 unspecified atom stereocenters. The summed E-state index contributed by atoms with van der Waals surface area (Å²) in [6.07, 6.45) is 0. The number of carbonyl (C=O) groups is 1. The molecule has 0 bridgehead atoms. The number of benzene rings is 2. The highest BCUT2D eigenvalue weighted by Crippen LogP contribution is 2.30. The quantitative estimate of drug-likeness (QED) is 0.676. The van der Waals surface area contributed by atoms with E-state index >= 15 is 0 Å². The topological polar surface area (TPSA) is 51.0 Å². The molecular formula is C20H26ClNO3. The molecule has 2 rings (SSSR count). The molecular weight excluding hydrogens is 338 g/mol. The zero-order valence-electron chi connectivity index (χ0n) is 15.1. The Labute approximate surface area is 155 Å². The van der Waals surface area contributed by atoms with Crippen molar-refractivity contribution < 1.29 is 32.2 Å². The van der Waals surface area contributed by atoms with Crippen LogP contribution in [-0.4, -0.2) is 23.2 Å². The van der Waals surface area contributed by atoms with E-state index in [9.17, 15) is 9.90 Å². The van der Waals surface area contributed by atoms with Crippen molar-refractivity contribution >= 4 is 5.97 Å². The Morgan fingerprint density at radius 3 is 1.68 bits per heavy atom. The molecule has 0 aliphatic heterocycles. The molecule has 4 nitrogen and oxygen atoms in total. The predicted molar refractivity (Wildman–Crippen MR) is 93.2 cm³/mol. The van der Waals surface area contributed by atoms with Crippen molar-refractivity contribution in [2.75, 3.05) is 6.54 Å². The predicted octanol–water partition coefficient (Wildman–Crippen LogP) is -0.912. The maximum atomic E-state index is 13.0. The molecule has 0 aromatic heterocycles. The number of hydrogen-bond donors (Lipinski definition) is 2. The van der Waals surface area contributed by atoms with Crippen molar-refractivity contribution in [1.29, 1.82) is 0 Å². The van der Waals surface area contributed by atoms with Crippen LogP contribution in [-0.2, 0) is 15.2 Å². The van der Waals surface area contributed by atoms with Gasteiger partial charge in [-0.2, -0.15) is 0 Å². The van der Waals surface area contributed by atoms with E-state index in [0.29, 0.717) is 22.7 Å². The third-order valence-corrected chi connectivity index (χ3v) is 4.05. The van der Waals surface area contributed by atoms with Crippen molar-refractivity contribution in [2.45, 2.75) is 38.8 Å². The van der Waals surface area contributed by atoms with Gasteiger partial charge in [0.05, 0.1) is 0 Å². The molecule has 5 heteroatoms. The van der Waals surface area contributed by atoms with Gasteiger partial charge in [-0.1, -0.05) is 60.7 Å². The minimum absolute atomic E-state index is 0. The highest BCUT2D eigenvalue weighted by atomic mass is 35.5. The normalized spacial score (nSPS) is 12.8. The van der Waals surface area contributed by atoms with Gasteiger partial charge in [0, 0.05) is 0 Å². The minimum Gasteiger partial charge on any atom is -1.00 e. The number of halogens is 1. The zero-order valence-corrected chi connectivity index (χ0v) is 15.9. The molecule has 2 aromatic carbocycles. The molecule has 0 heterocycles. The van der Waals surface area contributed by atoms with E-state index in [1.807, 2.05) is 39.8 Å².